The second-order valence-corrected chi connectivity index (χ2v) is 27.5. The zero-order chi connectivity index (χ0) is 38.1. The zero-order valence-electron chi connectivity index (χ0n) is 31.1. The standard InChI is InChI=1S/C34H54N2O4Si2.F6P.Mn/c1-33(2,3)27-19-25(39-41(7,8)9)17-23(31(27)37)21-35-29-15-13-14-16-30(29)36-22-24-18-26(40-42(10,11)12)20-28(32(24)38)34(4,5)6;1-7(2,3,4,5)6;/h17-22,29-30,37-38H,13-16H2,1-12H3;;/q;-1;. The van der Waals surface area contributed by atoms with Gasteiger partial charge in [-0.15, -0.1) is 0 Å². The first-order valence-electron chi connectivity index (χ1n) is 16.3. The minimum atomic E-state index is -10.7. The Morgan fingerprint density at radius 2 is 0.920 bits per heavy atom. The molecule has 2 aromatic rings. The van der Waals surface area contributed by atoms with Crippen molar-refractivity contribution in [3.63, 3.8) is 0 Å². The summed E-state index contributed by atoms with van der Waals surface area (Å²) < 4.78 is 71.9. The molecular formula is C34H54F6MnN2O4PSi2-. The van der Waals surface area contributed by atoms with Crippen LogP contribution in [0.3, 0.4) is 0 Å². The molecule has 0 heterocycles. The molecule has 6 nitrogen and oxygen atoms in total. The van der Waals surface area contributed by atoms with Crippen molar-refractivity contribution in [2.24, 2.45) is 9.98 Å². The molecule has 0 saturated heterocycles. The van der Waals surface area contributed by atoms with Gasteiger partial charge >= 0.3 is 33.0 Å². The van der Waals surface area contributed by atoms with Gasteiger partial charge in [-0.05, 0) is 87.2 Å². The first-order valence-corrected chi connectivity index (χ1v) is 25.2. The van der Waals surface area contributed by atoms with Crippen LogP contribution in [0.5, 0.6) is 23.0 Å². The molecule has 1 fully saturated rings. The number of hydrogen-bond acceptors (Lipinski definition) is 6. The Kier molecular flexibility index (Phi) is 13.9. The molecule has 50 heavy (non-hydrogen) atoms. The number of aromatic hydroxyl groups is 2. The summed E-state index contributed by atoms with van der Waals surface area (Å²) in [5.74, 6) is 2.07. The molecule has 0 bridgehead atoms. The average Bonchev–Trinajstić information content (AvgIpc) is 2.84. The van der Waals surface area contributed by atoms with Crippen molar-refractivity contribution in [3.05, 3.63) is 46.5 Å². The Labute approximate surface area is 306 Å². The topological polar surface area (TPSA) is 83.6 Å². The molecule has 2 aromatic carbocycles. The van der Waals surface area contributed by atoms with E-state index < -0.39 is 24.4 Å². The molecular weight excluding hydrogens is 756 g/mol. The minimum Gasteiger partial charge on any atom is 0 e. The number of rotatable bonds is 8. The average molecular weight is 811 g/mol. The van der Waals surface area contributed by atoms with Crippen LogP contribution in [0.4, 0.5) is 25.2 Å². The molecule has 1 aliphatic rings. The smallest absolute Gasteiger partial charge is 0 e. The van der Waals surface area contributed by atoms with E-state index in [1.807, 2.05) is 24.3 Å². The normalized spacial score (nSPS) is 19.2. The van der Waals surface area contributed by atoms with Gasteiger partial charge in [0.1, 0.15) is 23.0 Å². The van der Waals surface area contributed by atoms with Gasteiger partial charge in [0.25, 0.3) is 0 Å². The van der Waals surface area contributed by atoms with E-state index in [2.05, 4.69) is 80.8 Å². The third-order valence-corrected chi connectivity index (χ3v) is 8.89. The van der Waals surface area contributed by atoms with Crippen LogP contribution < -0.4 is 8.85 Å². The number of nitrogens with zero attached hydrogens (tertiary/aromatic N) is 2. The van der Waals surface area contributed by atoms with Crippen molar-refractivity contribution in [2.45, 2.75) is 129 Å². The van der Waals surface area contributed by atoms with E-state index in [-0.39, 0.29) is 51.5 Å². The first-order chi connectivity index (χ1) is 21.6. The van der Waals surface area contributed by atoms with Gasteiger partial charge in [-0.1, -0.05) is 54.4 Å². The molecule has 0 amide bonds. The maximum Gasteiger partial charge on any atom is 0 e. The number of phenols is 2. The van der Waals surface area contributed by atoms with Gasteiger partial charge in [0, 0.05) is 51.8 Å². The summed E-state index contributed by atoms with van der Waals surface area (Å²) in [6, 6.07) is 7.72. The Balaban J connectivity index is 0.00000141. The summed E-state index contributed by atoms with van der Waals surface area (Å²) >= 11 is 0. The molecule has 2 atom stereocenters. The summed E-state index contributed by atoms with van der Waals surface area (Å²) in [4.78, 5) is 9.98. The van der Waals surface area contributed by atoms with Crippen LogP contribution in [0.2, 0.25) is 39.3 Å². The minimum absolute atomic E-state index is 0. The third-order valence-electron chi connectivity index (χ3n) is 7.19. The van der Waals surface area contributed by atoms with Crippen molar-refractivity contribution < 1.29 is 61.3 Å². The van der Waals surface area contributed by atoms with Gasteiger partial charge in [-0.3, -0.25) is 9.98 Å². The van der Waals surface area contributed by atoms with Gasteiger partial charge in [-0.2, -0.15) is 0 Å². The van der Waals surface area contributed by atoms with Crippen LogP contribution in [0.15, 0.2) is 34.3 Å². The molecule has 3 rings (SSSR count). The van der Waals surface area contributed by atoms with Crippen molar-refractivity contribution >= 4 is 36.9 Å². The van der Waals surface area contributed by atoms with E-state index in [9.17, 15) is 35.4 Å². The van der Waals surface area contributed by atoms with Crippen LogP contribution in [-0.2, 0) is 27.9 Å². The van der Waals surface area contributed by atoms with Gasteiger partial charge in [0.05, 0.1) is 12.1 Å². The predicted molar refractivity (Wildman–Crippen MR) is 196 cm³/mol. The van der Waals surface area contributed by atoms with Gasteiger partial charge in [-0.25, -0.2) is 0 Å². The zero-order valence-corrected chi connectivity index (χ0v) is 35.2. The summed E-state index contributed by atoms with van der Waals surface area (Å²) in [7, 11) is -14.3. The number of benzene rings is 2. The third kappa shape index (κ3) is 17.4. The Bertz CT molecular complexity index is 1440. The van der Waals surface area contributed by atoms with Gasteiger partial charge in [0.2, 0.25) is 16.6 Å². The maximum absolute atomic E-state index is 11.2. The molecule has 1 aliphatic carbocycles. The molecule has 2 unspecified atom stereocenters. The van der Waals surface area contributed by atoms with Crippen LogP contribution in [0, 0.1) is 0 Å². The van der Waals surface area contributed by atoms with Crippen molar-refractivity contribution in [3.8, 4) is 23.0 Å². The Hall–Kier alpha value is -2.06. The van der Waals surface area contributed by atoms with Crippen molar-refractivity contribution in [2.75, 3.05) is 0 Å². The molecule has 0 aliphatic heterocycles. The Morgan fingerprint density at radius 3 is 1.16 bits per heavy atom. The number of phenolic OH excluding ortho intramolecular Hbond substituents is 2. The largest absolute Gasteiger partial charge is 0 e. The Morgan fingerprint density at radius 1 is 0.640 bits per heavy atom. The summed E-state index contributed by atoms with van der Waals surface area (Å²) in [5, 5.41) is 22.4. The number of hydrogen-bond donors (Lipinski definition) is 2. The maximum atomic E-state index is 11.2. The summed E-state index contributed by atoms with van der Waals surface area (Å²) in [6.45, 7) is 25.5. The van der Waals surface area contributed by atoms with Crippen molar-refractivity contribution in [1.82, 2.24) is 0 Å². The van der Waals surface area contributed by atoms with E-state index in [0.717, 1.165) is 48.3 Å². The van der Waals surface area contributed by atoms with Gasteiger partial charge in [0.15, 0.2) is 0 Å². The number of halogens is 6. The molecule has 16 heteroatoms. The summed E-state index contributed by atoms with van der Waals surface area (Å²) in [6.07, 6.45) is 7.63. The predicted octanol–water partition coefficient (Wildman–Crippen LogP) is 12.3. The molecule has 1 saturated carbocycles. The van der Waals surface area contributed by atoms with Gasteiger partial charge < -0.3 is 19.1 Å². The second-order valence-electron chi connectivity index (χ2n) is 16.7. The van der Waals surface area contributed by atoms with E-state index >= 15 is 0 Å². The molecule has 287 valence electrons. The quantitative estimate of drug-likeness (QED) is 0.120. The van der Waals surface area contributed by atoms with Crippen molar-refractivity contribution in [1.29, 1.82) is 0 Å². The fraction of sp³-hybridized carbons (Fsp3) is 0.588. The van der Waals surface area contributed by atoms with E-state index in [0.29, 0.717) is 11.1 Å². The second kappa shape index (κ2) is 15.1. The number of aliphatic imine (C=N–C) groups is 2. The van der Waals surface area contributed by atoms with E-state index in [4.69, 9.17) is 18.8 Å². The summed E-state index contributed by atoms with van der Waals surface area (Å²) in [5.41, 5.74) is 2.56. The molecule has 2 N–H and O–H groups in total. The monoisotopic (exact) mass is 810 g/mol. The SMILES string of the molecule is CC(C)(C)c1cc(O[Si](C)(C)C)cc(C=NC2CCCCC2N=Cc2cc(O[Si](C)(C)C)cc(C(C)(C)C)c2O)c1O.F[P-](F)(F)(F)(F)F.[Mn]. The molecule has 0 aromatic heterocycles. The first kappa shape index (κ1) is 46.0. The van der Waals surface area contributed by atoms with Crippen LogP contribution in [-0.4, -0.2) is 51.4 Å². The fourth-order valence-corrected chi connectivity index (χ4v) is 6.87. The van der Waals surface area contributed by atoms with Crippen LogP contribution in [0.25, 0.3) is 0 Å². The fourth-order valence-electron chi connectivity index (χ4n) is 5.22. The molecule has 1 radical (unpaired) electrons. The van der Waals surface area contributed by atoms with E-state index in [1.165, 1.54) is 0 Å². The van der Waals surface area contributed by atoms with Crippen LogP contribution in [0.1, 0.15) is 89.5 Å². The van der Waals surface area contributed by atoms with Crippen LogP contribution >= 0.6 is 7.81 Å². The van der Waals surface area contributed by atoms with E-state index in [1.54, 1.807) is 12.4 Å². The molecule has 0 spiro atoms.